The second-order valence-electron chi connectivity index (χ2n) is 7.23. The molecule has 29 heavy (non-hydrogen) atoms. The van der Waals surface area contributed by atoms with E-state index >= 15 is 0 Å². The molecule has 2 amide bonds. The number of amides is 2. The Morgan fingerprint density at radius 1 is 0.966 bits per heavy atom. The van der Waals surface area contributed by atoms with Crippen molar-refractivity contribution >= 4 is 11.8 Å². The molecule has 0 bridgehead atoms. The smallest absolute Gasteiger partial charge is 0.235 e. The molecule has 2 aliphatic heterocycles. The van der Waals surface area contributed by atoms with Gasteiger partial charge in [-0.1, -0.05) is 30.3 Å². The van der Waals surface area contributed by atoms with Crippen LogP contribution in [0.1, 0.15) is 17.2 Å². The van der Waals surface area contributed by atoms with E-state index in [9.17, 15) is 9.59 Å². The lowest BCUT2D eigenvalue weighted by molar-refractivity contribution is -0.141. The van der Waals surface area contributed by atoms with Crippen LogP contribution in [0.2, 0.25) is 0 Å². The zero-order valence-corrected chi connectivity index (χ0v) is 16.7. The topological polar surface area (TPSA) is 77.1 Å². The summed E-state index contributed by atoms with van der Waals surface area (Å²) in [5.74, 6) is 0.450. The molecule has 0 radical (unpaired) electrons. The van der Waals surface area contributed by atoms with E-state index in [2.05, 4.69) is 5.32 Å². The van der Waals surface area contributed by atoms with E-state index in [0.717, 1.165) is 11.1 Å². The largest absolute Gasteiger partial charge is 0.493 e. The normalized spacial score (nSPS) is 23.3. The van der Waals surface area contributed by atoms with Gasteiger partial charge >= 0.3 is 0 Å². The van der Waals surface area contributed by atoms with Crippen LogP contribution < -0.4 is 19.5 Å². The Hall–Kier alpha value is -3.06. The van der Waals surface area contributed by atoms with Crippen molar-refractivity contribution in [2.75, 3.05) is 27.9 Å². The maximum atomic E-state index is 13.2. The first-order valence-electron chi connectivity index (χ1n) is 9.51. The molecule has 2 heterocycles. The molecule has 0 saturated carbocycles. The molecule has 2 fully saturated rings. The van der Waals surface area contributed by atoms with E-state index in [1.807, 2.05) is 42.5 Å². The van der Waals surface area contributed by atoms with E-state index in [4.69, 9.17) is 14.2 Å². The van der Waals surface area contributed by atoms with Crippen LogP contribution in [0.4, 0.5) is 0 Å². The Balaban J connectivity index is 1.65. The quantitative estimate of drug-likeness (QED) is 0.754. The number of fused-ring (bicyclic) bond motifs is 1. The monoisotopic (exact) mass is 396 g/mol. The van der Waals surface area contributed by atoms with Crippen molar-refractivity contribution in [1.82, 2.24) is 10.2 Å². The highest BCUT2D eigenvalue weighted by Crippen LogP contribution is 2.45. The van der Waals surface area contributed by atoms with Gasteiger partial charge in [0.25, 0.3) is 0 Å². The number of methoxy groups -OCH3 is 3. The zero-order valence-electron chi connectivity index (χ0n) is 16.7. The van der Waals surface area contributed by atoms with Crippen LogP contribution >= 0.6 is 0 Å². The summed E-state index contributed by atoms with van der Waals surface area (Å²) in [6.07, 6.45) is 0. The minimum Gasteiger partial charge on any atom is -0.493 e. The molecule has 2 aliphatic rings. The van der Waals surface area contributed by atoms with E-state index in [1.165, 1.54) is 4.90 Å². The molecule has 0 spiro atoms. The number of nitrogens with zero attached hydrogens (tertiary/aromatic N) is 1. The Labute approximate surface area is 169 Å². The van der Waals surface area contributed by atoms with E-state index in [0.29, 0.717) is 30.3 Å². The van der Waals surface area contributed by atoms with Crippen molar-refractivity contribution in [3.63, 3.8) is 0 Å². The molecular weight excluding hydrogens is 372 g/mol. The number of hydrogen-bond acceptors (Lipinski definition) is 6. The van der Waals surface area contributed by atoms with Crippen molar-refractivity contribution < 1.29 is 23.8 Å². The predicted octanol–water partition coefficient (Wildman–Crippen LogP) is 2.16. The lowest BCUT2D eigenvalue weighted by Crippen LogP contribution is -2.35. The summed E-state index contributed by atoms with van der Waals surface area (Å²) >= 11 is 0. The molecule has 0 aliphatic carbocycles. The highest BCUT2D eigenvalue weighted by molar-refractivity contribution is 6.06. The van der Waals surface area contributed by atoms with Crippen LogP contribution in [0.5, 0.6) is 17.2 Å². The van der Waals surface area contributed by atoms with Crippen molar-refractivity contribution in [1.29, 1.82) is 0 Å². The van der Waals surface area contributed by atoms with Gasteiger partial charge in [0, 0.05) is 12.6 Å². The Morgan fingerprint density at radius 3 is 2.21 bits per heavy atom. The van der Waals surface area contributed by atoms with Gasteiger partial charge in [-0.25, -0.2) is 0 Å². The standard InChI is InChI=1S/C22H24N2O5/c1-27-16-9-14(10-17(28-2)20(16)29-3)19-18-15(11-23-19)21(25)24(22(18)26)12-13-7-5-4-6-8-13/h4-10,15,18-19,23H,11-12H2,1-3H3. The van der Waals surface area contributed by atoms with E-state index in [-0.39, 0.29) is 23.8 Å². The van der Waals surface area contributed by atoms with Crippen molar-refractivity contribution in [3.05, 3.63) is 53.6 Å². The highest BCUT2D eigenvalue weighted by Gasteiger charge is 2.54. The number of imide groups is 1. The third-order valence-corrected chi connectivity index (χ3v) is 5.71. The lowest BCUT2D eigenvalue weighted by atomic mass is 9.88. The number of ether oxygens (including phenoxy) is 3. The number of rotatable bonds is 6. The molecule has 7 nitrogen and oxygen atoms in total. The SMILES string of the molecule is COc1cc(C2NCC3C(=O)N(Cc4ccccc4)C(=O)C32)cc(OC)c1OC. The van der Waals surface area contributed by atoms with Gasteiger partial charge in [-0.15, -0.1) is 0 Å². The van der Waals surface area contributed by atoms with Crippen LogP contribution in [0.3, 0.4) is 0 Å². The number of hydrogen-bond donors (Lipinski definition) is 1. The summed E-state index contributed by atoms with van der Waals surface area (Å²) in [4.78, 5) is 27.5. The van der Waals surface area contributed by atoms with Crippen molar-refractivity contribution in [2.45, 2.75) is 12.6 Å². The van der Waals surface area contributed by atoms with Crippen LogP contribution in [-0.2, 0) is 16.1 Å². The fraction of sp³-hybridized carbons (Fsp3) is 0.364. The van der Waals surface area contributed by atoms with Gasteiger partial charge in [-0.2, -0.15) is 0 Å². The summed E-state index contributed by atoms with van der Waals surface area (Å²) in [6, 6.07) is 12.9. The molecule has 1 N–H and O–H groups in total. The summed E-state index contributed by atoms with van der Waals surface area (Å²) in [5.41, 5.74) is 1.76. The van der Waals surface area contributed by atoms with Crippen molar-refractivity contribution in [2.24, 2.45) is 11.8 Å². The zero-order chi connectivity index (χ0) is 20.5. The summed E-state index contributed by atoms with van der Waals surface area (Å²) in [7, 11) is 4.65. The molecule has 0 aromatic heterocycles. The molecule has 7 heteroatoms. The minimum atomic E-state index is -0.450. The van der Waals surface area contributed by atoms with Gasteiger partial charge in [0.2, 0.25) is 17.6 Å². The maximum absolute atomic E-state index is 13.2. The predicted molar refractivity (Wildman–Crippen MR) is 106 cm³/mol. The van der Waals surface area contributed by atoms with Crippen molar-refractivity contribution in [3.8, 4) is 17.2 Å². The fourth-order valence-electron chi connectivity index (χ4n) is 4.31. The molecule has 2 saturated heterocycles. The van der Waals surface area contributed by atoms with Gasteiger partial charge in [-0.05, 0) is 23.3 Å². The van der Waals surface area contributed by atoms with Crippen LogP contribution in [0, 0.1) is 11.8 Å². The van der Waals surface area contributed by atoms with Gasteiger partial charge in [0.15, 0.2) is 11.5 Å². The minimum absolute atomic E-state index is 0.119. The van der Waals surface area contributed by atoms with Gasteiger partial charge < -0.3 is 19.5 Å². The molecule has 4 rings (SSSR count). The Kier molecular flexibility index (Phi) is 5.15. The van der Waals surface area contributed by atoms with Crippen LogP contribution in [-0.4, -0.2) is 44.6 Å². The van der Waals surface area contributed by atoms with Gasteiger partial charge in [0.05, 0.1) is 39.7 Å². The van der Waals surface area contributed by atoms with Crippen LogP contribution in [0.15, 0.2) is 42.5 Å². The number of carbonyl (C=O) groups excluding carboxylic acids is 2. The first kappa shape index (κ1) is 19.3. The molecule has 152 valence electrons. The second kappa shape index (κ2) is 7.75. The molecule has 3 unspecified atom stereocenters. The van der Waals surface area contributed by atoms with Crippen LogP contribution in [0.25, 0.3) is 0 Å². The molecule has 2 aromatic carbocycles. The average Bonchev–Trinajstić information content (AvgIpc) is 3.29. The molecule has 3 atom stereocenters. The first-order valence-corrected chi connectivity index (χ1v) is 9.51. The number of benzene rings is 2. The first-order chi connectivity index (χ1) is 14.1. The third-order valence-electron chi connectivity index (χ3n) is 5.71. The molecular formula is C22H24N2O5. The summed E-state index contributed by atoms with van der Waals surface area (Å²) in [5, 5.41) is 3.34. The Morgan fingerprint density at radius 2 is 1.62 bits per heavy atom. The van der Waals surface area contributed by atoms with Gasteiger partial charge in [-0.3, -0.25) is 14.5 Å². The summed E-state index contributed by atoms with van der Waals surface area (Å²) < 4.78 is 16.3. The maximum Gasteiger partial charge on any atom is 0.235 e. The third kappa shape index (κ3) is 3.21. The highest BCUT2D eigenvalue weighted by atomic mass is 16.5. The Bertz CT molecular complexity index is 905. The number of carbonyl (C=O) groups is 2. The molecule has 2 aromatic rings. The number of likely N-dealkylation sites (tertiary alicyclic amines) is 1. The number of nitrogens with one attached hydrogen (secondary N) is 1. The second-order valence-corrected chi connectivity index (χ2v) is 7.23. The average molecular weight is 396 g/mol. The van der Waals surface area contributed by atoms with Gasteiger partial charge in [0.1, 0.15) is 0 Å². The lowest BCUT2D eigenvalue weighted by Gasteiger charge is -2.22. The van der Waals surface area contributed by atoms with E-state index in [1.54, 1.807) is 21.3 Å². The fourth-order valence-corrected chi connectivity index (χ4v) is 4.31. The van der Waals surface area contributed by atoms with E-state index < -0.39 is 5.92 Å². The summed E-state index contributed by atoms with van der Waals surface area (Å²) in [6.45, 7) is 0.759.